The Morgan fingerprint density at radius 1 is 1.04 bits per heavy atom. The number of anilines is 1. The van der Waals surface area contributed by atoms with Crippen LogP contribution in [0, 0.1) is 5.82 Å². The fraction of sp³-hybridized carbons (Fsp3) is 0.0476. The van der Waals surface area contributed by atoms with Crippen LogP contribution in [0.15, 0.2) is 69.7 Å². The third kappa shape index (κ3) is 3.46. The van der Waals surface area contributed by atoms with Gasteiger partial charge >= 0.3 is 0 Å². The van der Waals surface area contributed by atoms with Gasteiger partial charge in [-0.2, -0.15) is 10.1 Å². The smallest absolute Gasteiger partial charge is 0.280 e. The third-order valence-electron chi connectivity index (χ3n) is 4.25. The van der Waals surface area contributed by atoms with Gasteiger partial charge in [-0.05, 0) is 67.6 Å². The molecule has 0 saturated heterocycles. The van der Waals surface area contributed by atoms with E-state index in [1.54, 1.807) is 43.3 Å². The molecule has 0 bridgehead atoms. The topological polar surface area (TPSA) is 45.8 Å². The van der Waals surface area contributed by atoms with E-state index in [0.717, 1.165) is 5.56 Å². The number of carbonyl (C=O) groups is 1. The summed E-state index contributed by atoms with van der Waals surface area (Å²) in [5, 5.41) is 6.40. The summed E-state index contributed by atoms with van der Waals surface area (Å²) in [6.07, 6.45) is 1.63. The van der Waals surface area contributed by atoms with Gasteiger partial charge in [-0.25, -0.2) is 4.39 Å². The maximum Gasteiger partial charge on any atom is 0.280 e. The van der Waals surface area contributed by atoms with Gasteiger partial charge in [0.05, 0.1) is 27.0 Å². The molecule has 0 radical (unpaired) electrons. The molecule has 1 aliphatic heterocycles. The van der Waals surface area contributed by atoms with Crippen molar-refractivity contribution in [1.82, 2.24) is 0 Å². The van der Waals surface area contributed by atoms with Crippen LogP contribution in [-0.4, -0.2) is 11.6 Å². The summed E-state index contributed by atoms with van der Waals surface area (Å²) in [5.74, 6) is 0.412. The van der Waals surface area contributed by atoms with E-state index in [1.165, 1.54) is 29.3 Å². The molecule has 2 heterocycles. The van der Waals surface area contributed by atoms with Gasteiger partial charge in [0.15, 0.2) is 0 Å². The van der Waals surface area contributed by atoms with Crippen LogP contribution in [0.1, 0.15) is 12.7 Å². The lowest BCUT2D eigenvalue weighted by molar-refractivity contribution is -0.114. The van der Waals surface area contributed by atoms with Crippen LogP contribution in [0.2, 0.25) is 10.0 Å². The van der Waals surface area contributed by atoms with Crippen LogP contribution < -0.4 is 5.01 Å². The van der Waals surface area contributed by atoms with Crippen LogP contribution in [0.5, 0.6) is 0 Å². The van der Waals surface area contributed by atoms with Crippen LogP contribution in [0.3, 0.4) is 0 Å². The van der Waals surface area contributed by atoms with Crippen LogP contribution in [0.25, 0.3) is 17.4 Å². The van der Waals surface area contributed by atoms with E-state index >= 15 is 0 Å². The van der Waals surface area contributed by atoms with Crippen LogP contribution in [0.4, 0.5) is 10.1 Å². The highest BCUT2D eigenvalue weighted by molar-refractivity contribution is 6.42. The molecule has 0 spiro atoms. The molecule has 1 amide bonds. The van der Waals surface area contributed by atoms with Crippen molar-refractivity contribution in [3.05, 3.63) is 81.8 Å². The predicted molar refractivity (Wildman–Crippen MR) is 109 cm³/mol. The number of hydrazone groups is 1. The first kappa shape index (κ1) is 18.5. The zero-order chi connectivity index (χ0) is 19.8. The Kier molecular flexibility index (Phi) is 4.79. The Labute approximate surface area is 170 Å². The van der Waals surface area contributed by atoms with E-state index in [-0.39, 0.29) is 11.7 Å². The van der Waals surface area contributed by atoms with Crippen molar-refractivity contribution in [2.24, 2.45) is 5.10 Å². The van der Waals surface area contributed by atoms with Crippen LogP contribution >= 0.6 is 23.2 Å². The van der Waals surface area contributed by atoms with E-state index in [4.69, 9.17) is 27.6 Å². The Morgan fingerprint density at radius 2 is 1.79 bits per heavy atom. The zero-order valence-electron chi connectivity index (χ0n) is 14.6. The molecule has 0 atom stereocenters. The van der Waals surface area contributed by atoms with Gasteiger partial charge in [0.2, 0.25) is 0 Å². The number of rotatable bonds is 3. The molecule has 0 N–H and O–H groups in total. The molecule has 0 unspecified atom stereocenters. The molecule has 2 aromatic carbocycles. The van der Waals surface area contributed by atoms with Crippen molar-refractivity contribution in [2.45, 2.75) is 6.92 Å². The Balaban J connectivity index is 1.62. The first-order valence-electron chi connectivity index (χ1n) is 8.35. The van der Waals surface area contributed by atoms with Crippen molar-refractivity contribution in [3.8, 4) is 11.3 Å². The fourth-order valence-corrected chi connectivity index (χ4v) is 3.12. The average Bonchev–Trinajstić information content (AvgIpc) is 3.25. The number of amides is 1. The van der Waals surface area contributed by atoms with E-state index in [9.17, 15) is 9.18 Å². The predicted octanol–water partition coefficient (Wildman–Crippen LogP) is 6.20. The lowest BCUT2D eigenvalue weighted by Gasteiger charge is -2.11. The first-order valence-corrected chi connectivity index (χ1v) is 9.10. The molecule has 0 fully saturated rings. The summed E-state index contributed by atoms with van der Waals surface area (Å²) < 4.78 is 18.9. The van der Waals surface area contributed by atoms with Gasteiger partial charge in [0.1, 0.15) is 17.3 Å². The second-order valence-electron chi connectivity index (χ2n) is 6.17. The molecule has 1 aliphatic rings. The summed E-state index contributed by atoms with van der Waals surface area (Å²) in [4.78, 5) is 12.7. The molecule has 7 heteroatoms. The monoisotopic (exact) mass is 414 g/mol. The summed E-state index contributed by atoms with van der Waals surface area (Å²) in [5.41, 5.74) is 2.21. The number of halogens is 3. The Hall–Kier alpha value is -2.89. The van der Waals surface area contributed by atoms with Gasteiger partial charge in [0.25, 0.3) is 5.91 Å². The second-order valence-corrected chi connectivity index (χ2v) is 6.98. The first-order chi connectivity index (χ1) is 13.4. The van der Waals surface area contributed by atoms with E-state index in [2.05, 4.69) is 5.10 Å². The quantitative estimate of drug-likeness (QED) is 0.479. The Morgan fingerprint density at radius 3 is 2.50 bits per heavy atom. The molecule has 4 rings (SSSR count). The lowest BCUT2D eigenvalue weighted by Crippen LogP contribution is -2.21. The van der Waals surface area contributed by atoms with E-state index in [1.807, 2.05) is 0 Å². The minimum Gasteiger partial charge on any atom is -0.457 e. The molecule has 1 aromatic heterocycles. The summed E-state index contributed by atoms with van der Waals surface area (Å²) in [6, 6.07) is 14.3. The molecular weight excluding hydrogens is 402 g/mol. The number of nitrogens with zero attached hydrogens (tertiary/aromatic N) is 2. The molecule has 140 valence electrons. The largest absolute Gasteiger partial charge is 0.457 e. The maximum absolute atomic E-state index is 13.1. The second kappa shape index (κ2) is 7.26. The average molecular weight is 415 g/mol. The summed E-state index contributed by atoms with van der Waals surface area (Å²) >= 11 is 12.0. The van der Waals surface area contributed by atoms with Crippen molar-refractivity contribution in [1.29, 1.82) is 0 Å². The van der Waals surface area contributed by atoms with Crippen molar-refractivity contribution < 1.29 is 13.6 Å². The number of benzene rings is 2. The molecule has 28 heavy (non-hydrogen) atoms. The van der Waals surface area contributed by atoms with Crippen molar-refractivity contribution in [3.63, 3.8) is 0 Å². The highest BCUT2D eigenvalue weighted by Crippen LogP contribution is 2.31. The third-order valence-corrected chi connectivity index (χ3v) is 4.99. The van der Waals surface area contributed by atoms with Crippen LogP contribution in [-0.2, 0) is 4.79 Å². The molecule has 0 saturated carbocycles. The molecule has 4 nitrogen and oxygen atoms in total. The highest BCUT2D eigenvalue weighted by Gasteiger charge is 2.29. The SMILES string of the molecule is CC1=NN(c2ccc(F)cc2)C(=O)C1=Cc1ccc(-c2ccc(Cl)c(Cl)c2)o1. The van der Waals surface area contributed by atoms with Gasteiger partial charge in [-0.3, -0.25) is 4.79 Å². The minimum atomic E-state index is -0.378. The lowest BCUT2D eigenvalue weighted by atomic mass is 10.1. The number of hydrogen-bond donors (Lipinski definition) is 0. The van der Waals surface area contributed by atoms with Gasteiger partial charge in [-0.1, -0.05) is 23.2 Å². The highest BCUT2D eigenvalue weighted by atomic mass is 35.5. The van der Waals surface area contributed by atoms with E-state index < -0.39 is 0 Å². The van der Waals surface area contributed by atoms with Gasteiger partial charge < -0.3 is 4.42 Å². The standard InChI is InChI=1S/C21H13Cl2FN2O2/c1-12-17(21(27)26(25-12)15-5-3-14(24)4-6-15)11-16-7-9-20(28-16)13-2-8-18(22)19(23)10-13/h2-11H,1H3. The maximum atomic E-state index is 13.1. The molecule has 3 aromatic rings. The van der Waals surface area contributed by atoms with Crippen molar-refractivity contribution >= 4 is 46.6 Å². The minimum absolute atomic E-state index is 0.309. The normalized spacial score (nSPS) is 15.4. The summed E-state index contributed by atoms with van der Waals surface area (Å²) in [6.45, 7) is 1.73. The Bertz CT molecular complexity index is 1130. The molecular formula is C21H13Cl2FN2O2. The van der Waals surface area contributed by atoms with E-state index in [0.29, 0.717) is 38.5 Å². The fourth-order valence-electron chi connectivity index (χ4n) is 2.82. The number of furan rings is 1. The van der Waals surface area contributed by atoms with Gasteiger partial charge in [0, 0.05) is 5.56 Å². The summed E-state index contributed by atoms with van der Waals surface area (Å²) in [7, 11) is 0. The zero-order valence-corrected chi connectivity index (χ0v) is 16.1. The number of hydrogen-bond acceptors (Lipinski definition) is 3. The van der Waals surface area contributed by atoms with Gasteiger partial charge in [-0.15, -0.1) is 0 Å². The molecule has 0 aliphatic carbocycles. The van der Waals surface area contributed by atoms with Crippen molar-refractivity contribution in [2.75, 3.05) is 5.01 Å². The number of carbonyl (C=O) groups excluding carboxylic acids is 1.